The summed E-state index contributed by atoms with van der Waals surface area (Å²) in [5, 5.41) is 3.51. The number of ether oxygens (including phenoxy) is 3. The van der Waals surface area contributed by atoms with Gasteiger partial charge < -0.3 is 19.5 Å². The van der Waals surface area contributed by atoms with E-state index in [9.17, 15) is 4.79 Å². The second kappa shape index (κ2) is 8.43. The Kier molecular flexibility index (Phi) is 5.34. The van der Waals surface area contributed by atoms with Crippen LogP contribution >= 0.6 is 11.6 Å². The normalized spacial score (nSPS) is 16.0. The second-order valence-corrected chi connectivity index (χ2v) is 7.92. The number of rotatable bonds is 6. The molecule has 2 aliphatic rings. The first-order valence-electron chi connectivity index (χ1n) is 10.1. The number of hydrogen-bond donors (Lipinski definition) is 1. The first-order chi connectivity index (χ1) is 15.2. The molecule has 0 fully saturated rings. The van der Waals surface area contributed by atoms with Crippen molar-refractivity contribution >= 4 is 17.5 Å². The van der Waals surface area contributed by atoms with Crippen molar-refractivity contribution in [2.24, 2.45) is 0 Å². The molecule has 5 rings (SSSR count). The first-order valence-corrected chi connectivity index (χ1v) is 10.4. The summed E-state index contributed by atoms with van der Waals surface area (Å²) in [6.45, 7) is 0.669. The molecular weight excluding hydrogens is 418 g/mol. The summed E-state index contributed by atoms with van der Waals surface area (Å²) in [5.41, 5.74) is 3.90. The Bertz CT molecular complexity index is 1120. The highest BCUT2D eigenvalue weighted by atomic mass is 35.5. The van der Waals surface area contributed by atoms with Crippen LogP contribution in [0.25, 0.3) is 11.1 Å². The zero-order valence-electron chi connectivity index (χ0n) is 16.6. The van der Waals surface area contributed by atoms with Gasteiger partial charge in [0.2, 0.25) is 12.7 Å². The molecule has 0 aliphatic carbocycles. The Hall–Kier alpha value is -3.32. The van der Waals surface area contributed by atoms with E-state index in [1.807, 2.05) is 30.3 Å². The summed E-state index contributed by atoms with van der Waals surface area (Å²) < 4.78 is 16.7. The lowest BCUT2D eigenvalue weighted by Crippen LogP contribution is -2.34. The van der Waals surface area contributed by atoms with Crippen LogP contribution in [0.5, 0.6) is 17.2 Å². The van der Waals surface area contributed by atoms with Crippen molar-refractivity contribution in [3.8, 4) is 28.4 Å². The van der Waals surface area contributed by atoms with Crippen LogP contribution in [-0.2, 0) is 17.6 Å². The van der Waals surface area contributed by atoms with Crippen LogP contribution in [0, 0.1) is 0 Å². The minimum absolute atomic E-state index is 0.0227. The lowest BCUT2D eigenvalue weighted by atomic mass is 10.0. The quantitative estimate of drug-likeness (QED) is 0.634. The summed E-state index contributed by atoms with van der Waals surface area (Å²) in [5.74, 6) is 2.13. The Morgan fingerprint density at radius 1 is 1.10 bits per heavy atom. The molecule has 158 valence electrons. The third-order valence-electron chi connectivity index (χ3n) is 5.35. The largest absolute Gasteiger partial charge is 0.486 e. The van der Waals surface area contributed by atoms with Gasteiger partial charge in [0.15, 0.2) is 11.5 Å². The Morgan fingerprint density at radius 3 is 2.81 bits per heavy atom. The molecule has 3 heterocycles. The average Bonchev–Trinajstić information content (AvgIpc) is 3.43. The maximum Gasteiger partial charge on any atom is 0.231 e. The molecular formula is C23H20ClN3O4. The van der Waals surface area contributed by atoms with Crippen LogP contribution in [-0.4, -0.2) is 35.3 Å². The Labute approximate surface area is 184 Å². The van der Waals surface area contributed by atoms with E-state index in [4.69, 9.17) is 25.8 Å². The molecule has 1 amide bonds. The molecule has 1 N–H and O–H groups in total. The Morgan fingerprint density at radius 2 is 1.94 bits per heavy atom. The van der Waals surface area contributed by atoms with Gasteiger partial charge in [-0.25, -0.2) is 9.97 Å². The minimum atomic E-state index is -0.149. The van der Waals surface area contributed by atoms with Crippen LogP contribution < -0.4 is 19.5 Å². The van der Waals surface area contributed by atoms with E-state index in [-0.39, 0.29) is 18.8 Å². The van der Waals surface area contributed by atoms with Crippen LogP contribution in [0.1, 0.15) is 17.5 Å². The number of nitrogens with one attached hydrogen (secondary N) is 1. The van der Waals surface area contributed by atoms with Gasteiger partial charge >= 0.3 is 0 Å². The monoisotopic (exact) mass is 437 g/mol. The predicted octanol–water partition coefficient (Wildman–Crippen LogP) is 3.58. The fourth-order valence-electron chi connectivity index (χ4n) is 3.79. The van der Waals surface area contributed by atoms with E-state index in [0.29, 0.717) is 36.6 Å². The number of carbonyl (C=O) groups excluding carboxylic acids is 1. The molecule has 1 aromatic heterocycles. The number of benzene rings is 2. The van der Waals surface area contributed by atoms with Crippen molar-refractivity contribution in [3.05, 3.63) is 65.2 Å². The van der Waals surface area contributed by atoms with Gasteiger partial charge in [0.1, 0.15) is 18.2 Å². The van der Waals surface area contributed by atoms with Crippen LogP contribution in [0.15, 0.2) is 49.1 Å². The SMILES string of the molecule is O=C(CCc1ccc2c(c1)OCO2)NCC1Cc2cc(-c3cncnc3)cc(Cl)c2O1. The summed E-state index contributed by atoms with van der Waals surface area (Å²) in [7, 11) is 0. The number of amides is 1. The van der Waals surface area contributed by atoms with Crippen molar-refractivity contribution in [1.82, 2.24) is 15.3 Å². The van der Waals surface area contributed by atoms with E-state index in [0.717, 1.165) is 33.8 Å². The molecule has 1 unspecified atom stereocenters. The van der Waals surface area contributed by atoms with Gasteiger partial charge in [0.05, 0.1) is 11.6 Å². The number of halogens is 1. The van der Waals surface area contributed by atoms with Crippen molar-refractivity contribution in [2.45, 2.75) is 25.4 Å². The fourth-order valence-corrected chi connectivity index (χ4v) is 4.07. The zero-order chi connectivity index (χ0) is 21.2. The second-order valence-electron chi connectivity index (χ2n) is 7.51. The van der Waals surface area contributed by atoms with Gasteiger partial charge in [-0.1, -0.05) is 17.7 Å². The van der Waals surface area contributed by atoms with Crippen LogP contribution in [0.3, 0.4) is 0 Å². The predicted molar refractivity (Wildman–Crippen MR) is 114 cm³/mol. The summed E-state index contributed by atoms with van der Waals surface area (Å²) in [6.07, 6.45) is 6.54. The van der Waals surface area contributed by atoms with Crippen LogP contribution in [0.2, 0.25) is 5.02 Å². The minimum Gasteiger partial charge on any atom is -0.486 e. The van der Waals surface area contributed by atoms with E-state index in [1.54, 1.807) is 12.4 Å². The van der Waals surface area contributed by atoms with Gasteiger partial charge in [-0.3, -0.25) is 4.79 Å². The van der Waals surface area contributed by atoms with E-state index in [1.165, 1.54) is 6.33 Å². The molecule has 3 aromatic rings. The summed E-state index contributed by atoms with van der Waals surface area (Å²) >= 11 is 6.44. The molecule has 8 heteroatoms. The number of aryl methyl sites for hydroxylation is 1. The molecule has 0 saturated carbocycles. The van der Waals surface area contributed by atoms with Crippen molar-refractivity contribution in [2.75, 3.05) is 13.3 Å². The maximum absolute atomic E-state index is 12.3. The number of carbonyl (C=O) groups is 1. The number of fused-ring (bicyclic) bond motifs is 2. The van der Waals surface area contributed by atoms with E-state index >= 15 is 0 Å². The van der Waals surface area contributed by atoms with Gasteiger partial charge in [0, 0.05) is 36.4 Å². The first kappa shape index (κ1) is 19.6. The maximum atomic E-state index is 12.3. The molecule has 1 atom stereocenters. The topological polar surface area (TPSA) is 82.6 Å². The van der Waals surface area contributed by atoms with Gasteiger partial charge in [-0.05, 0) is 41.8 Å². The van der Waals surface area contributed by atoms with Crippen molar-refractivity contribution in [1.29, 1.82) is 0 Å². The molecule has 0 spiro atoms. The number of nitrogens with zero attached hydrogens (tertiary/aromatic N) is 2. The van der Waals surface area contributed by atoms with Gasteiger partial charge in [0.25, 0.3) is 0 Å². The molecule has 2 aromatic carbocycles. The summed E-state index contributed by atoms with van der Waals surface area (Å²) in [4.78, 5) is 20.4. The number of aromatic nitrogens is 2. The lowest BCUT2D eigenvalue weighted by Gasteiger charge is -2.12. The fraction of sp³-hybridized carbons (Fsp3) is 0.261. The molecule has 0 radical (unpaired) electrons. The zero-order valence-corrected chi connectivity index (χ0v) is 17.4. The standard InChI is InChI=1S/C23H20ClN3O4/c24-19-8-15(17-9-25-12-26-10-17)6-16-7-18(31-23(16)19)11-27-22(28)4-2-14-1-3-20-21(5-14)30-13-29-20/h1,3,5-6,8-10,12,18H,2,4,7,11,13H2,(H,27,28). The Balaban J connectivity index is 1.15. The molecule has 2 aliphatic heterocycles. The third-order valence-corrected chi connectivity index (χ3v) is 5.63. The average molecular weight is 438 g/mol. The molecule has 31 heavy (non-hydrogen) atoms. The van der Waals surface area contributed by atoms with Gasteiger partial charge in [-0.15, -0.1) is 0 Å². The smallest absolute Gasteiger partial charge is 0.231 e. The molecule has 0 saturated heterocycles. The highest BCUT2D eigenvalue weighted by molar-refractivity contribution is 6.32. The highest BCUT2D eigenvalue weighted by Gasteiger charge is 2.26. The number of hydrogen-bond acceptors (Lipinski definition) is 6. The van der Waals surface area contributed by atoms with Crippen molar-refractivity contribution in [3.63, 3.8) is 0 Å². The highest BCUT2D eigenvalue weighted by Crippen LogP contribution is 2.39. The van der Waals surface area contributed by atoms with Crippen molar-refractivity contribution < 1.29 is 19.0 Å². The van der Waals surface area contributed by atoms with E-state index in [2.05, 4.69) is 15.3 Å². The third kappa shape index (κ3) is 4.27. The van der Waals surface area contributed by atoms with Crippen LogP contribution in [0.4, 0.5) is 0 Å². The van der Waals surface area contributed by atoms with Gasteiger partial charge in [-0.2, -0.15) is 0 Å². The summed E-state index contributed by atoms with van der Waals surface area (Å²) in [6, 6.07) is 9.64. The van der Waals surface area contributed by atoms with E-state index < -0.39 is 0 Å². The molecule has 7 nitrogen and oxygen atoms in total. The lowest BCUT2D eigenvalue weighted by molar-refractivity contribution is -0.121. The molecule has 0 bridgehead atoms.